The van der Waals surface area contributed by atoms with Crippen LogP contribution in [0.25, 0.3) is 0 Å². The molecule has 7 heteroatoms. The number of hydrogen-bond acceptors (Lipinski definition) is 4. The summed E-state index contributed by atoms with van der Waals surface area (Å²) in [5.74, 6) is 0. The van der Waals surface area contributed by atoms with E-state index in [1.54, 1.807) is 13.8 Å². The molecule has 1 aromatic carbocycles. The summed E-state index contributed by atoms with van der Waals surface area (Å²) in [6.07, 6.45) is 0. The SMILES string of the molecule is CC(C)(C#N)CNC(=O)Nc1ccc([N+](=O)[O-])cc1. The molecule has 2 amide bonds. The van der Waals surface area contributed by atoms with Crippen molar-refractivity contribution in [1.29, 1.82) is 5.26 Å². The maximum absolute atomic E-state index is 11.5. The van der Waals surface area contributed by atoms with Crippen molar-refractivity contribution in [2.75, 3.05) is 11.9 Å². The predicted molar refractivity (Wildman–Crippen MR) is 69.5 cm³/mol. The van der Waals surface area contributed by atoms with Crippen molar-refractivity contribution >= 4 is 17.4 Å². The lowest BCUT2D eigenvalue weighted by Gasteiger charge is -2.16. The van der Waals surface area contributed by atoms with Crippen molar-refractivity contribution in [2.24, 2.45) is 5.41 Å². The van der Waals surface area contributed by atoms with E-state index in [0.29, 0.717) is 5.69 Å². The lowest BCUT2D eigenvalue weighted by Crippen LogP contribution is -2.36. The van der Waals surface area contributed by atoms with E-state index < -0.39 is 16.4 Å². The first-order chi connectivity index (χ1) is 8.84. The molecule has 0 aliphatic rings. The minimum atomic E-state index is -0.646. The van der Waals surface area contributed by atoms with Crippen LogP contribution in [-0.4, -0.2) is 17.5 Å². The number of benzene rings is 1. The Labute approximate surface area is 110 Å². The Morgan fingerprint density at radius 2 is 2.00 bits per heavy atom. The zero-order valence-corrected chi connectivity index (χ0v) is 10.6. The van der Waals surface area contributed by atoms with Crippen LogP contribution in [0.5, 0.6) is 0 Å². The summed E-state index contributed by atoms with van der Waals surface area (Å²) in [6, 6.07) is 7.08. The Morgan fingerprint density at radius 3 is 2.47 bits per heavy atom. The van der Waals surface area contributed by atoms with Gasteiger partial charge in [-0.2, -0.15) is 5.26 Å². The smallest absolute Gasteiger partial charge is 0.319 e. The second-order valence-corrected chi connectivity index (χ2v) is 4.61. The van der Waals surface area contributed by atoms with Gasteiger partial charge in [0, 0.05) is 24.4 Å². The van der Waals surface area contributed by atoms with Crippen molar-refractivity contribution in [2.45, 2.75) is 13.8 Å². The first kappa shape index (κ1) is 14.4. The molecule has 0 atom stereocenters. The molecule has 0 radical (unpaired) electrons. The molecule has 0 saturated carbocycles. The lowest BCUT2D eigenvalue weighted by molar-refractivity contribution is -0.384. The fourth-order valence-corrected chi connectivity index (χ4v) is 1.18. The predicted octanol–water partition coefficient (Wildman–Crippen LogP) is 2.27. The molecule has 0 spiro atoms. The van der Waals surface area contributed by atoms with Gasteiger partial charge in [-0.3, -0.25) is 10.1 Å². The van der Waals surface area contributed by atoms with Crippen LogP contribution in [0.4, 0.5) is 16.2 Å². The largest absolute Gasteiger partial charge is 0.336 e. The van der Waals surface area contributed by atoms with Gasteiger partial charge >= 0.3 is 6.03 Å². The molecule has 0 unspecified atom stereocenters. The lowest BCUT2D eigenvalue weighted by atomic mass is 9.96. The Balaban J connectivity index is 2.54. The van der Waals surface area contributed by atoms with Crippen molar-refractivity contribution < 1.29 is 9.72 Å². The van der Waals surface area contributed by atoms with E-state index in [2.05, 4.69) is 16.7 Å². The number of carbonyl (C=O) groups is 1. The molecule has 0 heterocycles. The number of nitro benzene ring substituents is 1. The number of non-ortho nitro benzene ring substituents is 1. The van der Waals surface area contributed by atoms with Gasteiger partial charge in [-0.05, 0) is 26.0 Å². The molecule has 0 aliphatic carbocycles. The van der Waals surface area contributed by atoms with Gasteiger partial charge < -0.3 is 10.6 Å². The molecule has 1 rings (SSSR count). The maximum atomic E-state index is 11.5. The van der Waals surface area contributed by atoms with Crippen LogP contribution in [0.2, 0.25) is 0 Å². The number of rotatable bonds is 4. The van der Waals surface area contributed by atoms with Crippen molar-refractivity contribution in [3.63, 3.8) is 0 Å². The Kier molecular flexibility index (Phi) is 4.42. The number of amides is 2. The third kappa shape index (κ3) is 4.63. The number of hydrogen-bond donors (Lipinski definition) is 2. The Hall–Kier alpha value is -2.62. The van der Waals surface area contributed by atoms with E-state index in [-0.39, 0.29) is 12.2 Å². The van der Waals surface area contributed by atoms with Gasteiger partial charge in [-0.25, -0.2) is 4.79 Å². The van der Waals surface area contributed by atoms with Crippen molar-refractivity contribution in [3.8, 4) is 6.07 Å². The van der Waals surface area contributed by atoms with E-state index in [1.165, 1.54) is 24.3 Å². The van der Waals surface area contributed by atoms with Crippen LogP contribution >= 0.6 is 0 Å². The number of anilines is 1. The normalized spacial score (nSPS) is 10.4. The highest BCUT2D eigenvalue weighted by Gasteiger charge is 2.17. The van der Waals surface area contributed by atoms with E-state index in [0.717, 1.165) is 0 Å². The molecular weight excluding hydrogens is 248 g/mol. The van der Waals surface area contributed by atoms with E-state index >= 15 is 0 Å². The zero-order valence-electron chi connectivity index (χ0n) is 10.6. The van der Waals surface area contributed by atoms with Crippen LogP contribution in [0.1, 0.15) is 13.8 Å². The fraction of sp³-hybridized carbons (Fsp3) is 0.333. The first-order valence-electron chi connectivity index (χ1n) is 5.54. The highest BCUT2D eigenvalue weighted by atomic mass is 16.6. The number of nitrogens with one attached hydrogen (secondary N) is 2. The molecule has 0 fully saturated rings. The summed E-state index contributed by atoms with van der Waals surface area (Å²) in [5, 5.41) is 24.3. The molecule has 19 heavy (non-hydrogen) atoms. The van der Waals surface area contributed by atoms with Gasteiger partial charge in [-0.1, -0.05) is 0 Å². The third-order valence-electron chi connectivity index (χ3n) is 2.33. The molecule has 0 saturated heterocycles. The molecule has 100 valence electrons. The van der Waals surface area contributed by atoms with Gasteiger partial charge in [-0.15, -0.1) is 0 Å². The highest BCUT2D eigenvalue weighted by Crippen LogP contribution is 2.15. The second kappa shape index (κ2) is 5.82. The summed E-state index contributed by atoms with van der Waals surface area (Å²) < 4.78 is 0. The number of nitriles is 1. The van der Waals surface area contributed by atoms with Crippen LogP contribution < -0.4 is 10.6 Å². The standard InChI is InChI=1S/C12H14N4O3/c1-12(2,7-13)8-14-11(17)15-9-3-5-10(6-4-9)16(18)19/h3-6H,8H2,1-2H3,(H2,14,15,17). The topological polar surface area (TPSA) is 108 Å². The molecule has 2 N–H and O–H groups in total. The fourth-order valence-electron chi connectivity index (χ4n) is 1.18. The quantitative estimate of drug-likeness (QED) is 0.640. The number of nitro groups is 1. The van der Waals surface area contributed by atoms with Crippen LogP contribution in [0.3, 0.4) is 0 Å². The van der Waals surface area contributed by atoms with E-state index in [4.69, 9.17) is 5.26 Å². The van der Waals surface area contributed by atoms with Gasteiger partial charge in [0.1, 0.15) is 0 Å². The summed E-state index contributed by atoms with van der Waals surface area (Å²) in [5.41, 5.74) is -0.248. The van der Waals surface area contributed by atoms with Crippen LogP contribution in [0.15, 0.2) is 24.3 Å². The average Bonchev–Trinajstić information content (AvgIpc) is 2.37. The van der Waals surface area contributed by atoms with Crippen LogP contribution in [0, 0.1) is 26.9 Å². The van der Waals surface area contributed by atoms with Gasteiger partial charge in [0.2, 0.25) is 0 Å². The first-order valence-corrected chi connectivity index (χ1v) is 5.54. The summed E-state index contributed by atoms with van der Waals surface area (Å²) in [7, 11) is 0. The summed E-state index contributed by atoms with van der Waals surface area (Å²) in [4.78, 5) is 21.5. The highest BCUT2D eigenvalue weighted by molar-refractivity contribution is 5.89. The monoisotopic (exact) mass is 262 g/mol. The Bertz CT molecular complexity index is 517. The maximum Gasteiger partial charge on any atom is 0.319 e. The minimum Gasteiger partial charge on any atom is -0.336 e. The number of urea groups is 1. The molecule has 0 aliphatic heterocycles. The van der Waals surface area contributed by atoms with E-state index in [1.807, 2.05) is 0 Å². The molecule has 7 nitrogen and oxygen atoms in total. The van der Waals surface area contributed by atoms with E-state index in [9.17, 15) is 14.9 Å². The third-order valence-corrected chi connectivity index (χ3v) is 2.33. The molecule has 1 aromatic rings. The van der Waals surface area contributed by atoms with Gasteiger partial charge in [0.05, 0.1) is 16.4 Å². The van der Waals surface area contributed by atoms with Gasteiger partial charge in [0.15, 0.2) is 0 Å². The second-order valence-electron chi connectivity index (χ2n) is 4.61. The summed E-state index contributed by atoms with van der Waals surface area (Å²) in [6.45, 7) is 3.63. The van der Waals surface area contributed by atoms with Crippen molar-refractivity contribution in [1.82, 2.24) is 5.32 Å². The number of carbonyl (C=O) groups excluding carboxylic acids is 1. The molecular formula is C12H14N4O3. The molecule has 0 aromatic heterocycles. The number of nitrogens with zero attached hydrogens (tertiary/aromatic N) is 2. The van der Waals surface area contributed by atoms with Crippen LogP contribution in [-0.2, 0) is 0 Å². The van der Waals surface area contributed by atoms with Gasteiger partial charge in [0.25, 0.3) is 5.69 Å². The zero-order chi connectivity index (χ0) is 14.5. The minimum absolute atomic E-state index is 0.0448. The molecule has 0 bridgehead atoms. The Morgan fingerprint density at radius 1 is 1.42 bits per heavy atom. The average molecular weight is 262 g/mol. The van der Waals surface area contributed by atoms with Crippen molar-refractivity contribution in [3.05, 3.63) is 34.4 Å². The summed E-state index contributed by atoms with van der Waals surface area (Å²) >= 11 is 0.